The number of benzene rings is 1. The summed E-state index contributed by atoms with van der Waals surface area (Å²) < 4.78 is 37.0. The number of alkyl halides is 2. The molecule has 0 aromatic heterocycles. The minimum absolute atomic E-state index is 0.0693. The van der Waals surface area contributed by atoms with Crippen molar-refractivity contribution in [1.29, 1.82) is 0 Å². The molecule has 0 spiro atoms. The highest BCUT2D eigenvalue weighted by Gasteiger charge is 2.44. The van der Waals surface area contributed by atoms with Crippen molar-refractivity contribution in [3.8, 4) is 0 Å². The monoisotopic (exact) mass is 352 g/mol. The Balaban J connectivity index is 2.32. The van der Waals surface area contributed by atoms with Crippen LogP contribution in [0.4, 0.5) is 4.39 Å². The highest BCUT2D eigenvalue weighted by Crippen LogP contribution is 2.41. The summed E-state index contributed by atoms with van der Waals surface area (Å²) in [7, 11) is -3.00. The molecule has 1 heterocycles. The van der Waals surface area contributed by atoms with E-state index in [1.54, 1.807) is 6.07 Å². The van der Waals surface area contributed by atoms with Crippen molar-refractivity contribution in [1.82, 2.24) is 0 Å². The molecule has 1 aliphatic heterocycles. The van der Waals surface area contributed by atoms with Crippen LogP contribution >= 0.6 is 23.2 Å². The van der Waals surface area contributed by atoms with Crippen LogP contribution < -0.4 is 0 Å². The van der Waals surface area contributed by atoms with Gasteiger partial charge in [-0.1, -0.05) is 6.07 Å². The SMILES string of the molecule is Cc1ccc(F)cc1CC(CCl)(CCl)C1CCS(=O)(=O)C1. The predicted molar refractivity (Wildman–Crippen MR) is 85.5 cm³/mol. The van der Waals surface area contributed by atoms with Gasteiger partial charge in [-0.15, -0.1) is 23.2 Å². The molecule has 0 N–H and O–H groups in total. The summed E-state index contributed by atoms with van der Waals surface area (Å²) in [6, 6.07) is 4.64. The van der Waals surface area contributed by atoms with Crippen molar-refractivity contribution >= 4 is 33.0 Å². The van der Waals surface area contributed by atoms with Gasteiger partial charge in [0.05, 0.1) is 11.5 Å². The molecule has 2 nitrogen and oxygen atoms in total. The summed E-state index contributed by atoms with van der Waals surface area (Å²) in [6.45, 7) is 1.91. The maximum absolute atomic E-state index is 13.5. The number of hydrogen-bond donors (Lipinski definition) is 0. The number of aryl methyl sites for hydroxylation is 1. The highest BCUT2D eigenvalue weighted by molar-refractivity contribution is 7.91. The van der Waals surface area contributed by atoms with E-state index in [-0.39, 0.29) is 35.0 Å². The van der Waals surface area contributed by atoms with Gasteiger partial charge in [0.25, 0.3) is 0 Å². The fourth-order valence-corrected chi connectivity index (χ4v) is 5.84. The van der Waals surface area contributed by atoms with Crippen LogP contribution in [0.1, 0.15) is 17.5 Å². The molecule has 0 radical (unpaired) electrons. The molecule has 6 heteroatoms. The van der Waals surface area contributed by atoms with E-state index in [9.17, 15) is 12.8 Å². The van der Waals surface area contributed by atoms with E-state index < -0.39 is 15.3 Å². The average molecular weight is 353 g/mol. The Morgan fingerprint density at radius 3 is 2.52 bits per heavy atom. The molecule has 0 bridgehead atoms. The van der Waals surface area contributed by atoms with Gasteiger partial charge < -0.3 is 0 Å². The van der Waals surface area contributed by atoms with Gasteiger partial charge in [-0.2, -0.15) is 0 Å². The van der Waals surface area contributed by atoms with Gasteiger partial charge in [0, 0.05) is 17.2 Å². The average Bonchev–Trinajstić information content (AvgIpc) is 2.81. The zero-order valence-electron chi connectivity index (χ0n) is 11.9. The first-order valence-corrected chi connectivity index (χ1v) is 9.78. The topological polar surface area (TPSA) is 34.1 Å². The number of sulfone groups is 1. The van der Waals surface area contributed by atoms with Crippen LogP contribution in [-0.2, 0) is 16.3 Å². The first-order valence-electron chi connectivity index (χ1n) is 6.89. The lowest BCUT2D eigenvalue weighted by Gasteiger charge is -2.36. The molecule has 1 aromatic carbocycles. The van der Waals surface area contributed by atoms with Crippen molar-refractivity contribution in [3.63, 3.8) is 0 Å². The maximum atomic E-state index is 13.5. The zero-order chi connectivity index (χ0) is 15.7. The zero-order valence-corrected chi connectivity index (χ0v) is 14.2. The van der Waals surface area contributed by atoms with Gasteiger partial charge in [0.1, 0.15) is 5.82 Å². The second-order valence-electron chi connectivity index (χ2n) is 5.98. The third kappa shape index (κ3) is 3.72. The lowest BCUT2D eigenvalue weighted by atomic mass is 9.73. The van der Waals surface area contributed by atoms with Crippen molar-refractivity contribution in [2.24, 2.45) is 11.3 Å². The quantitative estimate of drug-likeness (QED) is 0.759. The molecule has 1 unspecified atom stereocenters. The molecule has 21 heavy (non-hydrogen) atoms. The fraction of sp³-hybridized carbons (Fsp3) is 0.600. The van der Waals surface area contributed by atoms with Gasteiger partial charge in [-0.3, -0.25) is 0 Å². The molecule has 0 saturated carbocycles. The van der Waals surface area contributed by atoms with E-state index >= 15 is 0 Å². The lowest BCUT2D eigenvalue weighted by Crippen LogP contribution is -2.38. The van der Waals surface area contributed by atoms with Crippen LogP contribution in [0.5, 0.6) is 0 Å². The Labute approximate surface area is 135 Å². The van der Waals surface area contributed by atoms with Crippen LogP contribution in [0.2, 0.25) is 0 Å². The van der Waals surface area contributed by atoms with Crippen LogP contribution in [0.25, 0.3) is 0 Å². The Hall–Kier alpha value is -0.320. The lowest BCUT2D eigenvalue weighted by molar-refractivity contribution is 0.244. The summed E-state index contributed by atoms with van der Waals surface area (Å²) in [5.41, 5.74) is 1.31. The molecule has 1 atom stereocenters. The normalized spacial score (nSPS) is 21.6. The van der Waals surface area contributed by atoms with Crippen molar-refractivity contribution in [2.75, 3.05) is 23.3 Å². The second kappa shape index (κ2) is 6.43. The second-order valence-corrected chi connectivity index (χ2v) is 8.74. The van der Waals surface area contributed by atoms with Crippen LogP contribution in [0.15, 0.2) is 18.2 Å². The van der Waals surface area contributed by atoms with E-state index in [1.165, 1.54) is 12.1 Å². The fourth-order valence-electron chi connectivity index (χ4n) is 2.98. The first kappa shape index (κ1) is 17.0. The van der Waals surface area contributed by atoms with Crippen LogP contribution in [0.3, 0.4) is 0 Å². The van der Waals surface area contributed by atoms with Crippen molar-refractivity contribution < 1.29 is 12.8 Å². The largest absolute Gasteiger partial charge is 0.229 e. The first-order chi connectivity index (χ1) is 9.82. The number of halogens is 3. The molecule has 1 saturated heterocycles. The molecule has 0 amide bonds. The standard InChI is InChI=1S/C15H19Cl2FO2S/c1-11-2-3-14(18)6-12(11)7-15(9-16,10-17)13-4-5-21(19,20)8-13/h2-3,6,13H,4-5,7-10H2,1H3. The van der Waals surface area contributed by atoms with Crippen molar-refractivity contribution in [2.45, 2.75) is 19.8 Å². The minimum Gasteiger partial charge on any atom is -0.229 e. The van der Waals surface area contributed by atoms with Crippen molar-refractivity contribution in [3.05, 3.63) is 35.1 Å². The summed E-state index contributed by atoms with van der Waals surface area (Å²) in [5.74, 6) is 0.489. The number of hydrogen-bond acceptors (Lipinski definition) is 2. The Kier molecular flexibility index (Phi) is 5.22. The molecule has 1 aromatic rings. The van der Waals surface area contributed by atoms with Gasteiger partial charge in [0.2, 0.25) is 0 Å². The summed E-state index contributed by atoms with van der Waals surface area (Å²) in [6.07, 6.45) is 1.08. The van der Waals surface area contributed by atoms with Gasteiger partial charge in [-0.05, 0) is 48.9 Å². The Bertz CT molecular complexity index is 612. The molecule has 1 fully saturated rings. The highest BCUT2D eigenvalue weighted by atomic mass is 35.5. The number of rotatable bonds is 5. The third-order valence-corrected chi connectivity index (χ3v) is 7.32. The molecular formula is C15H19Cl2FO2S. The van der Waals surface area contributed by atoms with Gasteiger partial charge in [-0.25, -0.2) is 12.8 Å². The Morgan fingerprint density at radius 1 is 1.33 bits per heavy atom. The van der Waals surface area contributed by atoms with Gasteiger partial charge in [0.15, 0.2) is 9.84 Å². The molecule has 0 aliphatic carbocycles. The summed E-state index contributed by atoms with van der Waals surface area (Å²) >= 11 is 12.3. The van der Waals surface area contributed by atoms with Crippen LogP contribution in [-0.4, -0.2) is 31.7 Å². The molecule has 1 aliphatic rings. The summed E-state index contributed by atoms with van der Waals surface area (Å²) in [5, 5.41) is 0. The van der Waals surface area contributed by atoms with Crippen LogP contribution in [0, 0.1) is 24.1 Å². The van der Waals surface area contributed by atoms with E-state index in [2.05, 4.69) is 0 Å². The third-order valence-electron chi connectivity index (χ3n) is 4.48. The minimum atomic E-state index is -3.00. The summed E-state index contributed by atoms with van der Waals surface area (Å²) in [4.78, 5) is 0. The molecular weight excluding hydrogens is 334 g/mol. The van der Waals surface area contributed by atoms with E-state index in [0.29, 0.717) is 12.8 Å². The predicted octanol–water partition coefficient (Wildman–Crippen LogP) is 3.58. The van der Waals surface area contributed by atoms with E-state index in [1.807, 2.05) is 6.92 Å². The maximum Gasteiger partial charge on any atom is 0.150 e. The molecule has 2 rings (SSSR count). The smallest absolute Gasteiger partial charge is 0.150 e. The Morgan fingerprint density at radius 2 is 2.00 bits per heavy atom. The van der Waals surface area contributed by atoms with E-state index in [4.69, 9.17) is 23.2 Å². The van der Waals surface area contributed by atoms with E-state index in [0.717, 1.165) is 11.1 Å². The van der Waals surface area contributed by atoms with Gasteiger partial charge >= 0.3 is 0 Å². The molecule has 118 valence electrons.